The molecule has 4 rings (SSSR count). The number of carbonyl (C=O) groups is 2. The van der Waals surface area contributed by atoms with Crippen LogP contribution in [0, 0.1) is 11.3 Å². The van der Waals surface area contributed by atoms with Gasteiger partial charge in [-0.1, -0.05) is 0 Å². The van der Waals surface area contributed by atoms with E-state index in [9.17, 15) is 9.59 Å². The molecular weight excluding hydrogens is 204 g/mol. The van der Waals surface area contributed by atoms with Gasteiger partial charge in [0.25, 0.3) is 0 Å². The molecule has 1 N–H and O–H groups in total. The predicted octanol–water partition coefficient (Wildman–Crippen LogP) is -0.940. The number of likely N-dealkylation sites (tertiary alicyclic amines) is 1. The number of rotatable bonds is 1. The molecule has 2 amide bonds. The van der Waals surface area contributed by atoms with Crippen LogP contribution in [0.2, 0.25) is 0 Å². The summed E-state index contributed by atoms with van der Waals surface area (Å²) in [5, 5.41) is 0. The Balaban J connectivity index is 1.95. The van der Waals surface area contributed by atoms with Crippen molar-refractivity contribution >= 4 is 11.8 Å². The molecule has 0 radical (unpaired) electrons. The molecule has 0 unspecified atom stereocenters. The fourth-order valence-electron chi connectivity index (χ4n) is 3.95. The highest BCUT2D eigenvalue weighted by Crippen LogP contribution is 2.44. The minimum atomic E-state index is -0.307. The Kier molecular flexibility index (Phi) is 2.11. The first-order valence-corrected chi connectivity index (χ1v) is 6.36. The molecule has 4 saturated heterocycles. The van der Waals surface area contributed by atoms with Crippen LogP contribution in [0.4, 0.5) is 0 Å². The van der Waals surface area contributed by atoms with E-state index in [1.165, 1.54) is 22.9 Å². The van der Waals surface area contributed by atoms with Crippen molar-refractivity contribution in [1.82, 2.24) is 4.90 Å². The van der Waals surface area contributed by atoms with Gasteiger partial charge in [0.15, 0.2) is 0 Å². The van der Waals surface area contributed by atoms with E-state index in [0.29, 0.717) is 18.9 Å². The molecule has 4 heteroatoms. The Labute approximate surface area is 95.6 Å². The van der Waals surface area contributed by atoms with Crippen LogP contribution in [0.3, 0.4) is 0 Å². The minimum Gasteiger partial charge on any atom is -0.334 e. The van der Waals surface area contributed by atoms with E-state index < -0.39 is 0 Å². The molecule has 0 aromatic heterocycles. The second-order valence-electron chi connectivity index (χ2n) is 5.48. The highest BCUT2D eigenvalue weighted by Gasteiger charge is 2.61. The highest BCUT2D eigenvalue weighted by atomic mass is 16.2. The summed E-state index contributed by atoms with van der Waals surface area (Å²) >= 11 is 0. The lowest BCUT2D eigenvalue weighted by Gasteiger charge is -2.47. The van der Waals surface area contributed by atoms with Crippen molar-refractivity contribution in [2.45, 2.75) is 26.2 Å². The molecule has 0 aromatic carbocycles. The number of amides is 2. The smallest absolute Gasteiger partial charge is 0.241 e. The van der Waals surface area contributed by atoms with Gasteiger partial charge in [0, 0.05) is 25.8 Å². The standard InChI is InChI=1S/C12H18N2O2/c1-2-14-10(15)7-12(11(14)16)8-13-5-3-9(12)4-6-13/h9H,2-8H2,1H3/p+1/t12-/m0/s1. The van der Waals surface area contributed by atoms with Crippen LogP contribution >= 0.6 is 0 Å². The summed E-state index contributed by atoms with van der Waals surface area (Å²) in [6, 6.07) is 0. The Bertz CT molecular complexity index is 347. The van der Waals surface area contributed by atoms with Crippen LogP contribution in [0.15, 0.2) is 0 Å². The molecule has 88 valence electrons. The van der Waals surface area contributed by atoms with Crippen molar-refractivity contribution in [2.24, 2.45) is 11.3 Å². The topological polar surface area (TPSA) is 41.8 Å². The van der Waals surface area contributed by atoms with Gasteiger partial charge in [0.05, 0.1) is 19.6 Å². The Morgan fingerprint density at radius 1 is 1.38 bits per heavy atom. The zero-order chi connectivity index (χ0) is 11.3. The van der Waals surface area contributed by atoms with E-state index in [0.717, 1.165) is 19.4 Å². The molecule has 2 bridgehead atoms. The van der Waals surface area contributed by atoms with Gasteiger partial charge in [-0.3, -0.25) is 14.5 Å². The summed E-state index contributed by atoms with van der Waals surface area (Å²) in [7, 11) is 0. The van der Waals surface area contributed by atoms with Gasteiger partial charge in [-0.25, -0.2) is 0 Å². The summed E-state index contributed by atoms with van der Waals surface area (Å²) in [5.74, 6) is 0.653. The number of carbonyl (C=O) groups excluding carboxylic acids is 2. The third-order valence-electron chi connectivity index (χ3n) is 4.79. The quantitative estimate of drug-likeness (QED) is 0.583. The number of nitrogens with one attached hydrogen (secondary N) is 1. The van der Waals surface area contributed by atoms with Crippen molar-refractivity contribution < 1.29 is 14.5 Å². The number of fused-ring (bicyclic) bond motifs is 2. The lowest BCUT2D eigenvalue weighted by atomic mass is 9.65. The fourth-order valence-corrected chi connectivity index (χ4v) is 3.95. The first kappa shape index (κ1) is 10.3. The number of piperidine rings is 3. The van der Waals surface area contributed by atoms with Crippen LogP contribution in [-0.4, -0.2) is 42.9 Å². The molecule has 1 atom stereocenters. The van der Waals surface area contributed by atoms with E-state index in [1.54, 1.807) is 0 Å². The van der Waals surface area contributed by atoms with Crippen molar-refractivity contribution in [1.29, 1.82) is 0 Å². The second-order valence-corrected chi connectivity index (χ2v) is 5.48. The fraction of sp³-hybridized carbons (Fsp3) is 0.833. The van der Waals surface area contributed by atoms with E-state index in [4.69, 9.17) is 0 Å². The highest BCUT2D eigenvalue weighted by molar-refractivity contribution is 6.06. The van der Waals surface area contributed by atoms with Gasteiger partial charge in [0.2, 0.25) is 11.8 Å². The first-order valence-electron chi connectivity index (χ1n) is 6.36. The van der Waals surface area contributed by atoms with Gasteiger partial charge in [0.1, 0.15) is 5.41 Å². The molecule has 4 aliphatic rings. The molecule has 16 heavy (non-hydrogen) atoms. The SMILES string of the molecule is CCN1C(=O)C[C@@]2(C[NH+]3CCC2CC3)C1=O. The number of hydrogen-bond donors (Lipinski definition) is 1. The molecule has 1 spiro atoms. The minimum absolute atomic E-state index is 0.0562. The summed E-state index contributed by atoms with van der Waals surface area (Å²) in [6.07, 6.45) is 2.74. The molecule has 4 fully saturated rings. The monoisotopic (exact) mass is 223 g/mol. The van der Waals surface area contributed by atoms with E-state index in [-0.39, 0.29) is 17.2 Å². The maximum atomic E-state index is 12.4. The van der Waals surface area contributed by atoms with Crippen molar-refractivity contribution in [3.05, 3.63) is 0 Å². The number of imide groups is 1. The molecule has 0 saturated carbocycles. The Hall–Kier alpha value is -0.900. The van der Waals surface area contributed by atoms with Gasteiger partial charge in [-0.05, 0) is 12.8 Å². The van der Waals surface area contributed by atoms with Crippen LogP contribution < -0.4 is 4.90 Å². The van der Waals surface area contributed by atoms with Crippen LogP contribution in [0.25, 0.3) is 0 Å². The number of hydrogen-bond acceptors (Lipinski definition) is 2. The Morgan fingerprint density at radius 3 is 2.50 bits per heavy atom. The molecule has 4 heterocycles. The van der Waals surface area contributed by atoms with Crippen LogP contribution in [-0.2, 0) is 9.59 Å². The molecule has 4 nitrogen and oxygen atoms in total. The average molecular weight is 223 g/mol. The third-order valence-corrected chi connectivity index (χ3v) is 4.79. The van der Waals surface area contributed by atoms with E-state index >= 15 is 0 Å². The van der Waals surface area contributed by atoms with Crippen LogP contribution in [0.5, 0.6) is 0 Å². The summed E-state index contributed by atoms with van der Waals surface area (Å²) in [4.78, 5) is 27.3. The second kappa shape index (κ2) is 3.29. The van der Waals surface area contributed by atoms with Crippen molar-refractivity contribution in [3.63, 3.8) is 0 Å². The zero-order valence-corrected chi connectivity index (χ0v) is 9.79. The number of quaternary nitrogens is 1. The van der Waals surface area contributed by atoms with Gasteiger partial charge < -0.3 is 4.90 Å². The summed E-state index contributed by atoms with van der Waals surface area (Å²) in [5.41, 5.74) is -0.307. The van der Waals surface area contributed by atoms with Crippen molar-refractivity contribution in [2.75, 3.05) is 26.2 Å². The maximum Gasteiger partial charge on any atom is 0.241 e. The van der Waals surface area contributed by atoms with Gasteiger partial charge in [-0.2, -0.15) is 0 Å². The summed E-state index contributed by atoms with van der Waals surface area (Å²) < 4.78 is 0. The van der Waals surface area contributed by atoms with E-state index in [2.05, 4.69) is 0 Å². The van der Waals surface area contributed by atoms with Crippen molar-refractivity contribution in [3.8, 4) is 0 Å². The molecule has 0 aliphatic carbocycles. The lowest BCUT2D eigenvalue weighted by Crippen LogP contribution is -3.17. The number of nitrogens with zero attached hydrogens (tertiary/aromatic N) is 1. The van der Waals surface area contributed by atoms with Gasteiger partial charge >= 0.3 is 0 Å². The molecular formula is C12H19N2O2+. The first-order chi connectivity index (χ1) is 7.67. The average Bonchev–Trinajstić information content (AvgIpc) is 2.52. The zero-order valence-electron chi connectivity index (χ0n) is 9.79. The molecule has 4 aliphatic heterocycles. The Morgan fingerprint density at radius 2 is 2.06 bits per heavy atom. The largest absolute Gasteiger partial charge is 0.334 e. The van der Waals surface area contributed by atoms with E-state index in [1.807, 2.05) is 6.92 Å². The third kappa shape index (κ3) is 1.14. The predicted molar refractivity (Wildman–Crippen MR) is 57.7 cm³/mol. The summed E-state index contributed by atoms with van der Waals surface area (Å²) in [6.45, 7) is 5.73. The maximum absolute atomic E-state index is 12.4. The van der Waals surface area contributed by atoms with Crippen LogP contribution in [0.1, 0.15) is 26.2 Å². The lowest BCUT2D eigenvalue weighted by molar-refractivity contribution is -0.924. The normalized spacial score (nSPS) is 42.4. The van der Waals surface area contributed by atoms with Gasteiger partial charge in [-0.15, -0.1) is 0 Å². The molecule has 0 aromatic rings.